The molecule has 0 spiro atoms. The molecule has 1 saturated carbocycles. The summed E-state index contributed by atoms with van der Waals surface area (Å²) in [4.78, 5) is 15.6. The summed E-state index contributed by atoms with van der Waals surface area (Å²) >= 11 is 0. The Morgan fingerprint density at radius 2 is 1.81 bits per heavy atom. The molecule has 2 heterocycles. The molecule has 5 rings (SSSR count). The lowest BCUT2D eigenvalue weighted by Gasteiger charge is -2.35. The number of aliphatic hydroxyl groups excluding tert-OH is 1. The Morgan fingerprint density at radius 1 is 1.06 bits per heavy atom. The number of hydrogen-bond acceptors (Lipinski definition) is 3. The van der Waals surface area contributed by atoms with Crippen LogP contribution in [-0.2, 0) is 9.53 Å². The van der Waals surface area contributed by atoms with Crippen molar-refractivity contribution in [3.8, 4) is 11.3 Å². The van der Waals surface area contributed by atoms with Crippen LogP contribution in [0.1, 0.15) is 24.3 Å². The van der Waals surface area contributed by atoms with Crippen LogP contribution in [0.2, 0.25) is 0 Å². The number of nitrogens with one attached hydrogen (secondary N) is 2. The maximum atomic E-state index is 14.4. The summed E-state index contributed by atoms with van der Waals surface area (Å²) < 4.78 is 47.0. The van der Waals surface area contributed by atoms with E-state index in [0.29, 0.717) is 29.5 Å². The van der Waals surface area contributed by atoms with Gasteiger partial charge >= 0.3 is 0 Å². The zero-order chi connectivity index (χ0) is 21.7. The molecule has 0 radical (unpaired) electrons. The number of benzene rings is 2. The maximum Gasteiger partial charge on any atom is 0.223 e. The van der Waals surface area contributed by atoms with Gasteiger partial charge in [0.15, 0.2) is 0 Å². The number of ether oxygens (including phenoxy) is 1. The SMILES string of the molecule is O=C(N[C@H]1COC[C@@H]1O)C1CC(c2c(-c3ccc(F)cc3)[nH]c3c(F)cc(F)cc23)C1. The van der Waals surface area contributed by atoms with Gasteiger partial charge in [0.25, 0.3) is 0 Å². The summed E-state index contributed by atoms with van der Waals surface area (Å²) in [7, 11) is 0. The van der Waals surface area contributed by atoms with Gasteiger partial charge in [-0.25, -0.2) is 13.2 Å². The number of aliphatic hydroxyl groups is 1. The van der Waals surface area contributed by atoms with Gasteiger partial charge in [0.2, 0.25) is 5.91 Å². The van der Waals surface area contributed by atoms with Gasteiger partial charge in [-0.2, -0.15) is 0 Å². The Balaban J connectivity index is 1.44. The molecule has 0 unspecified atom stereocenters. The Labute approximate surface area is 176 Å². The summed E-state index contributed by atoms with van der Waals surface area (Å²) in [5.74, 6) is -2.28. The van der Waals surface area contributed by atoms with E-state index >= 15 is 0 Å². The highest BCUT2D eigenvalue weighted by atomic mass is 19.1. The summed E-state index contributed by atoms with van der Waals surface area (Å²) in [5, 5.41) is 13.1. The van der Waals surface area contributed by atoms with Crippen molar-refractivity contribution in [2.45, 2.75) is 30.9 Å². The van der Waals surface area contributed by atoms with Crippen molar-refractivity contribution >= 4 is 16.8 Å². The predicted octanol–water partition coefficient (Wildman–Crippen LogP) is 3.62. The van der Waals surface area contributed by atoms with Gasteiger partial charge in [-0.15, -0.1) is 0 Å². The third-order valence-corrected chi connectivity index (χ3v) is 6.29. The smallest absolute Gasteiger partial charge is 0.223 e. The van der Waals surface area contributed by atoms with E-state index in [1.807, 2.05) is 0 Å². The molecular weight excluding hydrogens is 409 g/mol. The van der Waals surface area contributed by atoms with Gasteiger partial charge < -0.3 is 20.1 Å². The zero-order valence-corrected chi connectivity index (χ0v) is 16.5. The van der Waals surface area contributed by atoms with Crippen LogP contribution in [0.4, 0.5) is 13.2 Å². The molecule has 31 heavy (non-hydrogen) atoms. The van der Waals surface area contributed by atoms with Crippen molar-refractivity contribution in [3.05, 3.63) is 59.4 Å². The lowest BCUT2D eigenvalue weighted by atomic mass is 9.69. The van der Waals surface area contributed by atoms with Gasteiger partial charge in [0.1, 0.15) is 17.5 Å². The van der Waals surface area contributed by atoms with Crippen LogP contribution in [0.3, 0.4) is 0 Å². The second-order valence-corrected chi connectivity index (χ2v) is 8.32. The van der Waals surface area contributed by atoms with Crippen molar-refractivity contribution in [3.63, 3.8) is 0 Å². The van der Waals surface area contributed by atoms with Gasteiger partial charge in [0, 0.05) is 17.4 Å². The number of amides is 1. The van der Waals surface area contributed by atoms with E-state index < -0.39 is 29.6 Å². The summed E-state index contributed by atoms with van der Waals surface area (Å²) in [6, 6.07) is 7.49. The van der Waals surface area contributed by atoms with E-state index in [2.05, 4.69) is 10.3 Å². The van der Waals surface area contributed by atoms with E-state index in [9.17, 15) is 23.1 Å². The number of halogens is 3. The molecule has 3 N–H and O–H groups in total. The average molecular weight is 430 g/mol. The fraction of sp³-hybridized carbons (Fsp3) is 0.348. The van der Waals surface area contributed by atoms with Crippen LogP contribution in [-0.4, -0.2) is 41.4 Å². The molecule has 2 aliphatic rings. The second-order valence-electron chi connectivity index (χ2n) is 8.32. The molecule has 2 fully saturated rings. The van der Waals surface area contributed by atoms with Crippen molar-refractivity contribution in [2.75, 3.05) is 13.2 Å². The molecule has 5 nitrogen and oxygen atoms in total. The van der Waals surface area contributed by atoms with Crippen molar-refractivity contribution in [2.24, 2.45) is 5.92 Å². The largest absolute Gasteiger partial charge is 0.388 e. The molecule has 3 aromatic rings. The van der Waals surface area contributed by atoms with Crippen LogP contribution < -0.4 is 5.32 Å². The second kappa shape index (κ2) is 7.69. The van der Waals surface area contributed by atoms with E-state index in [0.717, 1.165) is 11.6 Å². The highest BCUT2D eigenvalue weighted by molar-refractivity contribution is 5.92. The number of aromatic nitrogens is 1. The first-order valence-corrected chi connectivity index (χ1v) is 10.2. The number of H-pyrrole nitrogens is 1. The van der Waals surface area contributed by atoms with Gasteiger partial charge in [0.05, 0.1) is 36.6 Å². The first-order chi connectivity index (χ1) is 14.9. The molecule has 162 valence electrons. The number of carbonyl (C=O) groups is 1. The van der Waals surface area contributed by atoms with Crippen LogP contribution >= 0.6 is 0 Å². The van der Waals surface area contributed by atoms with Gasteiger partial charge in [-0.1, -0.05) is 0 Å². The minimum absolute atomic E-state index is 0.0875. The third kappa shape index (κ3) is 3.59. The maximum absolute atomic E-state index is 14.4. The molecule has 0 bridgehead atoms. The first-order valence-electron chi connectivity index (χ1n) is 10.2. The molecule has 2 atom stereocenters. The average Bonchev–Trinajstić information content (AvgIpc) is 3.26. The minimum Gasteiger partial charge on any atom is -0.388 e. The minimum atomic E-state index is -0.718. The summed E-state index contributed by atoms with van der Waals surface area (Å²) in [5.41, 5.74) is 2.18. The zero-order valence-electron chi connectivity index (χ0n) is 16.5. The molecular formula is C23H21F3N2O3. The molecule has 1 saturated heterocycles. The monoisotopic (exact) mass is 430 g/mol. The number of rotatable bonds is 4. The topological polar surface area (TPSA) is 74.3 Å². The first kappa shape index (κ1) is 20.1. The molecule has 2 aromatic carbocycles. The highest BCUT2D eigenvalue weighted by Crippen LogP contribution is 2.48. The van der Waals surface area contributed by atoms with E-state index in [1.54, 1.807) is 12.1 Å². The molecule has 1 aliphatic heterocycles. The standard InChI is InChI=1S/C23H21F3N2O3/c24-14-3-1-11(2-4-14)21-20(16-7-15(25)8-17(26)22(16)28-21)12-5-13(6-12)23(30)27-18-9-31-10-19(18)29/h1-4,7-8,12-13,18-19,28-29H,5-6,9-10H2,(H,27,30)/t12?,13?,18-,19-/m0/s1. The van der Waals surface area contributed by atoms with E-state index in [-0.39, 0.29) is 36.5 Å². The third-order valence-electron chi connectivity index (χ3n) is 6.29. The van der Waals surface area contributed by atoms with Crippen molar-refractivity contribution in [1.29, 1.82) is 0 Å². The quantitative estimate of drug-likeness (QED) is 0.592. The van der Waals surface area contributed by atoms with Gasteiger partial charge in [-0.05, 0) is 60.2 Å². The fourth-order valence-electron chi connectivity index (χ4n) is 4.56. The van der Waals surface area contributed by atoms with Crippen LogP contribution in [0.5, 0.6) is 0 Å². The van der Waals surface area contributed by atoms with Crippen LogP contribution in [0.15, 0.2) is 36.4 Å². The van der Waals surface area contributed by atoms with Crippen molar-refractivity contribution in [1.82, 2.24) is 10.3 Å². The molecule has 1 aliphatic carbocycles. The summed E-state index contributed by atoms with van der Waals surface area (Å²) in [6.07, 6.45) is 0.299. The molecule has 8 heteroatoms. The Bertz CT molecular complexity index is 1140. The predicted molar refractivity (Wildman–Crippen MR) is 108 cm³/mol. The number of aromatic amines is 1. The highest BCUT2D eigenvalue weighted by Gasteiger charge is 2.40. The fourth-order valence-corrected chi connectivity index (χ4v) is 4.56. The molecule has 1 aromatic heterocycles. The van der Waals surface area contributed by atoms with E-state index in [1.165, 1.54) is 18.2 Å². The Kier molecular flexibility index (Phi) is 4.98. The lowest BCUT2D eigenvalue weighted by molar-refractivity contribution is -0.129. The summed E-state index contributed by atoms with van der Waals surface area (Å²) in [6.45, 7) is 0.477. The lowest BCUT2D eigenvalue weighted by Crippen LogP contribution is -2.47. The normalized spacial score (nSPS) is 25.5. The number of hydrogen-bond donors (Lipinski definition) is 3. The molecule has 1 amide bonds. The Morgan fingerprint density at radius 3 is 2.48 bits per heavy atom. The van der Waals surface area contributed by atoms with Crippen LogP contribution in [0.25, 0.3) is 22.2 Å². The van der Waals surface area contributed by atoms with E-state index in [4.69, 9.17) is 4.74 Å². The number of carbonyl (C=O) groups excluding carboxylic acids is 1. The van der Waals surface area contributed by atoms with Crippen molar-refractivity contribution < 1.29 is 27.8 Å². The number of fused-ring (bicyclic) bond motifs is 1. The Hall–Kier alpha value is -2.84. The van der Waals surface area contributed by atoms with Crippen LogP contribution in [0, 0.1) is 23.4 Å². The van der Waals surface area contributed by atoms with Gasteiger partial charge in [-0.3, -0.25) is 4.79 Å².